The van der Waals surface area contributed by atoms with Crippen LogP contribution in [0.2, 0.25) is 0 Å². The van der Waals surface area contributed by atoms with Crippen molar-refractivity contribution in [1.29, 1.82) is 0 Å². The summed E-state index contributed by atoms with van der Waals surface area (Å²) < 4.78 is 0. The first-order chi connectivity index (χ1) is 7.83. The van der Waals surface area contributed by atoms with Crippen LogP contribution in [-0.4, -0.2) is 5.78 Å². The van der Waals surface area contributed by atoms with E-state index in [1.54, 1.807) is 0 Å². The van der Waals surface area contributed by atoms with Crippen molar-refractivity contribution >= 4 is 5.78 Å². The molecule has 0 bridgehead atoms. The van der Waals surface area contributed by atoms with E-state index in [1.165, 1.54) is 12.8 Å². The molecule has 1 heteroatoms. The number of terminal acetylenes is 1. The fraction of sp³-hybridized carbons (Fsp3) is 0.400. The average molecular weight is 212 g/mol. The summed E-state index contributed by atoms with van der Waals surface area (Å²) in [6, 6.07) is 9.38. The topological polar surface area (TPSA) is 17.1 Å². The molecule has 82 valence electrons. The zero-order chi connectivity index (χ0) is 11.4. The quantitative estimate of drug-likeness (QED) is 0.555. The number of hydrogen-bond donors (Lipinski definition) is 0. The van der Waals surface area contributed by atoms with Crippen LogP contribution in [0, 0.1) is 24.2 Å². The molecule has 1 aromatic rings. The largest absolute Gasteiger partial charge is 0.293 e. The molecule has 0 spiro atoms. The molecule has 1 fully saturated rings. The SMILES string of the molecule is C#CC(C(=O)c1ccccc1)C1CCCC1. The minimum Gasteiger partial charge on any atom is -0.293 e. The predicted octanol–water partition coefficient (Wildman–Crippen LogP) is 3.31. The highest BCUT2D eigenvalue weighted by molar-refractivity contribution is 5.99. The zero-order valence-corrected chi connectivity index (χ0v) is 9.36. The van der Waals surface area contributed by atoms with Crippen LogP contribution in [0.4, 0.5) is 0 Å². The molecule has 0 radical (unpaired) electrons. The fourth-order valence-electron chi connectivity index (χ4n) is 2.50. The minimum atomic E-state index is -0.218. The van der Waals surface area contributed by atoms with Gasteiger partial charge < -0.3 is 0 Å². The van der Waals surface area contributed by atoms with E-state index in [1.807, 2.05) is 30.3 Å². The van der Waals surface area contributed by atoms with Crippen molar-refractivity contribution in [2.75, 3.05) is 0 Å². The van der Waals surface area contributed by atoms with Gasteiger partial charge in [0.25, 0.3) is 0 Å². The highest BCUT2D eigenvalue weighted by Crippen LogP contribution is 2.32. The smallest absolute Gasteiger partial charge is 0.178 e. The van der Waals surface area contributed by atoms with Gasteiger partial charge in [0.15, 0.2) is 5.78 Å². The molecule has 1 nitrogen and oxygen atoms in total. The van der Waals surface area contributed by atoms with Crippen molar-refractivity contribution < 1.29 is 4.79 Å². The summed E-state index contributed by atoms with van der Waals surface area (Å²) in [7, 11) is 0. The van der Waals surface area contributed by atoms with Crippen LogP contribution < -0.4 is 0 Å². The molecule has 0 saturated heterocycles. The van der Waals surface area contributed by atoms with E-state index in [-0.39, 0.29) is 11.7 Å². The van der Waals surface area contributed by atoms with Gasteiger partial charge >= 0.3 is 0 Å². The Kier molecular flexibility index (Phi) is 3.41. The van der Waals surface area contributed by atoms with Crippen LogP contribution in [0.5, 0.6) is 0 Å². The molecular weight excluding hydrogens is 196 g/mol. The molecule has 1 saturated carbocycles. The molecule has 1 aromatic carbocycles. The molecule has 1 atom stereocenters. The normalized spacial score (nSPS) is 17.9. The molecule has 1 aliphatic carbocycles. The molecule has 0 heterocycles. The maximum Gasteiger partial charge on any atom is 0.178 e. The van der Waals surface area contributed by atoms with E-state index in [0.29, 0.717) is 5.92 Å². The predicted molar refractivity (Wildman–Crippen MR) is 65.1 cm³/mol. The van der Waals surface area contributed by atoms with Crippen LogP contribution in [0.1, 0.15) is 36.0 Å². The van der Waals surface area contributed by atoms with Gasteiger partial charge in [-0.1, -0.05) is 49.1 Å². The van der Waals surface area contributed by atoms with E-state index in [4.69, 9.17) is 6.42 Å². The standard InChI is InChI=1S/C15H16O/c1-2-14(12-8-6-7-9-12)15(16)13-10-4-3-5-11-13/h1,3-5,10-12,14H,6-9H2. The number of ketones is 1. The van der Waals surface area contributed by atoms with E-state index >= 15 is 0 Å². The Bertz CT molecular complexity index is 393. The first kappa shape index (κ1) is 11.0. The Hall–Kier alpha value is -1.55. The molecule has 0 aliphatic heterocycles. The molecule has 0 N–H and O–H groups in total. The van der Waals surface area contributed by atoms with Crippen molar-refractivity contribution in [2.45, 2.75) is 25.7 Å². The third-order valence-electron chi connectivity index (χ3n) is 3.39. The maximum atomic E-state index is 12.2. The number of carbonyl (C=O) groups excluding carboxylic acids is 1. The Morgan fingerprint density at radius 3 is 2.44 bits per heavy atom. The molecule has 0 aromatic heterocycles. The Balaban J connectivity index is 2.16. The van der Waals surface area contributed by atoms with Gasteiger partial charge in [0.05, 0.1) is 5.92 Å². The van der Waals surface area contributed by atoms with Crippen molar-refractivity contribution in [3.8, 4) is 12.3 Å². The summed E-state index contributed by atoms with van der Waals surface area (Å²) in [5.74, 6) is 3.00. The van der Waals surface area contributed by atoms with Crippen LogP contribution in [0.15, 0.2) is 30.3 Å². The third kappa shape index (κ3) is 2.17. The minimum absolute atomic E-state index is 0.120. The van der Waals surface area contributed by atoms with Gasteiger partial charge in [0.1, 0.15) is 0 Å². The van der Waals surface area contributed by atoms with E-state index in [0.717, 1.165) is 18.4 Å². The van der Waals surface area contributed by atoms with E-state index in [9.17, 15) is 4.79 Å². The van der Waals surface area contributed by atoms with Crippen LogP contribution in [0.25, 0.3) is 0 Å². The van der Waals surface area contributed by atoms with Crippen LogP contribution in [0.3, 0.4) is 0 Å². The molecule has 0 amide bonds. The van der Waals surface area contributed by atoms with Gasteiger partial charge in [-0.3, -0.25) is 4.79 Å². The second-order valence-corrected chi connectivity index (χ2v) is 4.42. The summed E-state index contributed by atoms with van der Waals surface area (Å²) in [5, 5.41) is 0. The highest BCUT2D eigenvalue weighted by Gasteiger charge is 2.29. The summed E-state index contributed by atoms with van der Waals surface area (Å²) >= 11 is 0. The Labute approximate surface area is 96.9 Å². The van der Waals surface area contributed by atoms with Gasteiger partial charge in [-0.15, -0.1) is 6.42 Å². The van der Waals surface area contributed by atoms with Crippen molar-refractivity contribution in [1.82, 2.24) is 0 Å². The lowest BCUT2D eigenvalue weighted by molar-refractivity contribution is 0.0916. The zero-order valence-electron chi connectivity index (χ0n) is 9.36. The number of carbonyl (C=O) groups is 1. The molecule has 1 unspecified atom stereocenters. The monoisotopic (exact) mass is 212 g/mol. The second kappa shape index (κ2) is 4.99. The van der Waals surface area contributed by atoms with Crippen LogP contribution in [-0.2, 0) is 0 Å². The molecule has 1 aliphatic rings. The van der Waals surface area contributed by atoms with Gasteiger partial charge in [-0.2, -0.15) is 0 Å². The molecular formula is C15H16O. The average Bonchev–Trinajstić information content (AvgIpc) is 2.85. The Morgan fingerprint density at radius 2 is 1.88 bits per heavy atom. The lowest BCUT2D eigenvalue weighted by Crippen LogP contribution is -2.20. The fourth-order valence-corrected chi connectivity index (χ4v) is 2.50. The van der Waals surface area contributed by atoms with Gasteiger partial charge in [0.2, 0.25) is 0 Å². The number of rotatable bonds is 3. The highest BCUT2D eigenvalue weighted by atomic mass is 16.1. The van der Waals surface area contributed by atoms with E-state index in [2.05, 4.69) is 5.92 Å². The summed E-state index contributed by atoms with van der Waals surface area (Å²) in [4.78, 5) is 12.2. The van der Waals surface area contributed by atoms with Crippen molar-refractivity contribution in [3.05, 3.63) is 35.9 Å². The molecule has 2 rings (SSSR count). The van der Waals surface area contributed by atoms with Gasteiger partial charge in [-0.05, 0) is 18.8 Å². The number of Topliss-reactive ketones (excluding diaryl/α,β-unsaturated/α-hetero) is 1. The van der Waals surface area contributed by atoms with E-state index < -0.39 is 0 Å². The van der Waals surface area contributed by atoms with Gasteiger partial charge in [-0.25, -0.2) is 0 Å². The van der Waals surface area contributed by atoms with Crippen molar-refractivity contribution in [3.63, 3.8) is 0 Å². The van der Waals surface area contributed by atoms with Crippen molar-refractivity contribution in [2.24, 2.45) is 11.8 Å². The summed E-state index contributed by atoms with van der Waals surface area (Å²) in [6.45, 7) is 0. The third-order valence-corrected chi connectivity index (χ3v) is 3.39. The first-order valence-corrected chi connectivity index (χ1v) is 5.88. The maximum absolute atomic E-state index is 12.2. The lowest BCUT2D eigenvalue weighted by Gasteiger charge is -2.16. The second-order valence-electron chi connectivity index (χ2n) is 4.42. The Morgan fingerprint density at radius 1 is 1.25 bits per heavy atom. The summed E-state index contributed by atoms with van der Waals surface area (Å²) in [5.41, 5.74) is 0.748. The van der Waals surface area contributed by atoms with Gasteiger partial charge in [0, 0.05) is 5.56 Å². The summed E-state index contributed by atoms with van der Waals surface area (Å²) in [6.07, 6.45) is 10.2. The number of benzene rings is 1. The first-order valence-electron chi connectivity index (χ1n) is 5.88. The molecule has 16 heavy (non-hydrogen) atoms. The lowest BCUT2D eigenvalue weighted by atomic mass is 9.85. The van der Waals surface area contributed by atoms with Crippen LogP contribution >= 0.6 is 0 Å². The number of hydrogen-bond acceptors (Lipinski definition) is 1.